The van der Waals surface area contributed by atoms with Crippen LogP contribution in [-0.2, 0) is 0 Å². The number of hydrogen-bond donors (Lipinski definition) is 3. The summed E-state index contributed by atoms with van der Waals surface area (Å²) >= 11 is 0. The van der Waals surface area contributed by atoms with E-state index in [0.717, 1.165) is 0 Å². The summed E-state index contributed by atoms with van der Waals surface area (Å²) in [6, 6.07) is 0.319. The van der Waals surface area contributed by atoms with Crippen molar-refractivity contribution in [3.05, 3.63) is 0 Å². The number of rotatable bonds is 4. The average Bonchev–Trinajstić information content (AvgIpc) is 1.90. The molecular weight excluding hydrogens is 116 g/mol. The Morgan fingerprint density at radius 1 is 1.44 bits per heavy atom. The molecule has 0 fully saturated rings. The Hall–Kier alpha value is -0.160. The molecule has 0 aliphatic rings. The quantitative estimate of drug-likeness (QED) is 0.425. The van der Waals surface area contributed by atoms with Gasteiger partial charge in [-0.2, -0.15) is 5.12 Å². The zero-order chi connectivity index (χ0) is 7.28. The van der Waals surface area contributed by atoms with E-state index >= 15 is 0 Å². The van der Waals surface area contributed by atoms with Crippen molar-refractivity contribution in [3.63, 3.8) is 0 Å². The molecule has 0 radical (unpaired) electrons. The van der Waals surface area contributed by atoms with Gasteiger partial charge in [0, 0.05) is 26.7 Å². The molecule has 0 aliphatic heterocycles. The number of nitrogens with two attached hydrogens (primary N) is 1. The summed E-state index contributed by atoms with van der Waals surface area (Å²) in [5.41, 5.74) is 11.3. The molecule has 1 atom stereocenters. The summed E-state index contributed by atoms with van der Waals surface area (Å²) in [6.07, 6.45) is 0. The zero-order valence-electron chi connectivity index (χ0n) is 6.31. The predicted molar refractivity (Wildman–Crippen MR) is 38.5 cm³/mol. The van der Waals surface area contributed by atoms with E-state index in [1.165, 1.54) is 0 Å². The van der Waals surface area contributed by atoms with Crippen LogP contribution in [0.15, 0.2) is 0 Å². The Labute approximate surface area is 56.3 Å². The molecule has 4 nitrogen and oxygen atoms in total. The van der Waals surface area contributed by atoms with Crippen molar-refractivity contribution < 1.29 is 0 Å². The minimum Gasteiger partial charge on any atom is -0.329 e. The molecule has 0 aromatic rings. The molecule has 0 aromatic heterocycles. The van der Waals surface area contributed by atoms with E-state index in [4.69, 9.17) is 5.73 Å². The van der Waals surface area contributed by atoms with Crippen molar-refractivity contribution in [3.8, 4) is 0 Å². The first-order chi connectivity index (χ1) is 4.26. The van der Waals surface area contributed by atoms with E-state index in [1.54, 1.807) is 0 Å². The second-order valence-corrected chi connectivity index (χ2v) is 1.90. The van der Waals surface area contributed by atoms with Gasteiger partial charge in [0.25, 0.3) is 0 Å². The van der Waals surface area contributed by atoms with Gasteiger partial charge in [0.05, 0.1) is 0 Å². The Balaban J connectivity index is 3.50. The highest BCUT2D eigenvalue weighted by Crippen LogP contribution is 1.84. The van der Waals surface area contributed by atoms with Gasteiger partial charge < -0.3 is 5.73 Å². The molecule has 1 unspecified atom stereocenters. The molecule has 0 bridgehead atoms. The van der Waals surface area contributed by atoms with Crippen molar-refractivity contribution in [1.82, 2.24) is 16.0 Å². The van der Waals surface area contributed by atoms with Crippen LogP contribution in [-0.4, -0.2) is 31.8 Å². The second-order valence-electron chi connectivity index (χ2n) is 1.90. The van der Waals surface area contributed by atoms with Crippen molar-refractivity contribution >= 4 is 0 Å². The minimum absolute atomic E-state index is 0.319. The van der Waals surface area contributed by atoms with Crippen LogP contribution < -0.4 is 16.6 Å². The van der Waals surface area contributed by atoms with Crippen molar-refractivity contribution in [2.75, 3.05) is 20.6 Å². The van der Waals surface area contributed by atoms with Gasteiger partial charge in [-0.15, -0.1) is 0 Å². The van der Waals surface area contributed by atoms with Gasteiger partial charge in [-0.3, -0.25) is 0 Å². The molecule has 0 saturated heterocycles. The van der Waals surface area contributed by atoms with E-state index < -0.39 is 0 Å². The highest BCUT2D eigenvalue weighted by molar-refractivity contribution is 4.56. The lowest BCUT2D eigenvalue weighted by molar-refractivity contribution is 0.0971. The lowest BCUT2D eigenvalue weighted by atomic mass is 10.4. The highest BCUT2D eigenvalue weighted by atomic mass is 15.7. The maximum Gasteiger partial charge on any atom is 0.0493 e. The SMILES string of the molecule is CNN(NC)C(C)CN. The number of nitrogens with one attached hydrogen (secondary N) is 2. The van der Waals surface area contributed by atoms with Crippen LogP contribution >= 0.6 is 0 Å². The second kappa shape index (κ2) is 4.69. The summed E-state index contributed by atoms with van der Waals surface area (Å²) in [5, 5.41) is 1.85. The molecule has 9 heavy (non-hydrogen) atoms. The van der Waals surface area contributed by atoms with Crippen molar-refractivity contribution in [2.45, 2.75) is 13.0 Å². The third-order valence-electron chi connectivity index (χ3n) is 1.26. The number of hydrazine groups is 2. The maximum absolute atomic E-state index is 5.40. The van der Waals surface area contributed by atoms with Crippen LogP contribution in [0.25, 0.3) is 0 Å². The normalized spacial score (nSPS) is 14.3. The summed E-state index contributed by atoms with van der Waals surface area (Å²) in [6.45, 7) is 2.68. The molecule has 56 valence electrons. The van der Waals surface area contributed by atoms with E-state index in [1.807, 2.05) is 26.1 Å². The van der Waals surface area contributed by atoms with E-state index in [0.29, 0.717) is 12.6 Å². The molecule has 4 heteroatoms. The first-order valence-corrected chi connectivity index (χ1v) is 3.10. The topological polar surface area (TPSA) is 53.3 Å². The molecular formula is C5H16N4. The fraction of sp³-hybridized carbons (Fsp3) is 1.00. The van der Waals surface area contributed by atoms with E-state index in [-0.39, 0.29) is 0 Å². The summed E-state index contributed by atoms with van der Waals surface area (Å²) in [4.78, 5) is 0. The largest absolute Gasteiger partial charge is 0.329 e. The first kappa shape index (κ1) is 8.84. The van der Waals surface area contributed by atoms with Gasteiger partial charge in [0.1, 0.15) is 0 Å². The van der Waals surface area contributed by atoms with E-state index in [9.17, 15) is 0 Å². The third kappa shape index (κ3) is 2.76. The summed E-state index contributed by atoms with van der Waals surface area (Å²) in [5.74, 6) is 0. The van der Waals surface area contributed by atoms with Crippen molar-refractivity contribution in [1.29, 1.82) is 0 Å². The van der Waals surface area contributed by atoms with Gasteiger partial charge in [-0.25, -0.2) is 10.9 Å². The molecule has 4 N–H and O–H groups in total. The molecule has 0 amide bonds. The number of nitrogens with zero attached hydrogens (tertiary/aromatic N) is 1. The van der Waals surface area contributed by atoms with Gasteiger partial charge in [0.15, 0.2) is 0 Å². The third-order valence-corrected chi connectivity index (χ3v) is 1.26. The molecule has 0 heterocycles. The van der Waals surface area contributed by atoms with Crippen LogP contribution in [0.5, 0.6) is 0 Å². The number of hydrogen-bond acceptors (Lipinski definition) is 4. The van der Waals surface area contributed by atoms with Crippen LogP contribution in [0.3, 0.4) is 0 Å². The zero-order valence-corrected chi connectivity index (χ0v) is 6.31. The maximum atomic E-state index is 5.40. The van der Waals surface area contributed by atoms with E-state index in [2.05, 4.69) is 10.9 Å². The fourth-order valence-corrected chi connectivity index (χ4v) is 0.658. The molecule has 0 spiro atoms. The Morgan fingerprint density at radius 2 is 1.89 bits per heavy atom. The highest BCUT2D eigenvalue weighted by Gasteiger charge is 2.05. The smallest absolute Gasteiger partial charge is 0.0493 e. The van der Waals surface area contributed by atoms with Gasteiger partial charge >= 0.3 is 0 Å². The van der Waals surface area contributed by atoms with Gasteiger partial charge in [0.2, 0.25) is 0 Å². The van der Waals surface area contributed by atoms with Gasteiger partial charge in [-0.05, 0) is 6.92 Å². The molecule has 0 aromatic carbocycles. The van der Waals surface area contributed by atoms with Crippen LogP contribution in [0.4, 0.5) is 0 Å². The van der Waals surface area contributed by atoms with Gasteiger partial charge in [-0.1, -0.05) is 0 Å². The standard InChI is InChI=1S/C5H16N4/c1-5(4-6)9(7-2)8-3/h5,7-8H,4,6H2,1-3H3. The van der Waals surface area contributed by atoms with Crippen LogP contribution in [0.2, 0.25) is 0 Å². The minimum atomic E-state index is 0.319. The molecule has 0 rings (SSSR count). The Kier molecular flexibility index (Phi) is 4.61. The monoisotopic (exact) mass is 132 g/mol. The van der Waals surface area contributed by atoms with Crippen molar-refractivity contribution in [2.24, 2.45) is 5.73 Å². The average molecular weight is 132 g/mol. The summed E-state index contributed by atoms with van der Waals surface area (Å²) in [7, 11) is 3.70. The Morgan fingerprint density at radius 3 is 2.00 bits per heavy atom. The molecule has 0 aliphatic carbocycles. The Bertz CT molecular complexity index is 62.0. The van der Waals surface area contributed by atoms with Crippen LogP contribution in [0.1, 0.15) is 6.92 Å². The lowest BCUT2D eigenvalue weighted by Gasteiger charge is -2.25. The first-order valence-electron chi connectivity index (χ1n) is 3.10. The summed E-state index contributed by atoms with van der Waals surface area (Å²) < 4.78 is 0. The predicted octanol–water partition coefficient (Wildman–Crippen LogP) is -1.10. The lowest BCUT2D eigenvalue weighted by Crippen LogP contribution is -2.52. The molecule has 0 saturated carbocycles. The van der Waals surface area contributed by atoms with Crippen LogP contribution in [0, 0.1) is 0 Å². The fourth-order valence-electron chi connectivity index (χ4n) is 0.658.